The van der Waals surface area contributed by atoms with Crippen molar-refractivity contribution in [2.24, 2.45) is 0 Å². The van der Waals surface area contributed by atoms with Gasteiger partial charge in [0.2, 0.25) is 0 Å². The molecule has 1 nitrogen and oxygen atoms in total. The maximum Gasteiger partial charge on any atom is 0.416 e. The molecule has 0 amide bonds. The first kappa shape index (κ1) is 8.83. The molecular weight excluding hydrogens is 173 g/mol. The van der Waals surface area contributed by atoms with Gasteiger partial charge in [0.15, 0.2) is 0 Å². The highest BCUT2D eigenvalue weighted by Gasteiger charge is 2.30. The van der Waals surface area contributed by atoms with Gasteiger partial charge in [-0.05, 0) is 18.2 Å². The molecule has 0 spiro atoms. The summed E-state index contributed by atoms with van der Waals surface area (Å²) in [5, 5.41) is 0. The number of anilines is 1. The average molecular weight is 178 g/mol. The van der Waals surface area contributed by atoms with Crippen molar-refractivity contribution in [3.63, 3.8) is 0 Å². The van der Waals surface area contributed by atoms with Crippen LogP contribution in [0.25, 0.3) is 0 Å². The van der Waals surface area contributed by atoms with Crippen LogP contribution in [0.1, 0.15) is 5.56 Å². The van der Waals surface area contributed by atoms with Gasteiger partial charge in [-0.3, -0.25) is 0 Å². The van der Waals surface area contributed by atoms with Crippen LogP contribution in [0.3, 0.4) is 0 Å². The van der Waals surface area contributed by atoms with Crippen molar-refractivity contribution >= 4 is 5.69 Å². The molecule has 0 fully saturated rings. The summed E-state index contributed by atoms with van der Waals surface area (Å²) in [6, 6.07) is 3.90. The number of halogens is 4. The molecule has 1 aromatic carbocycles. The van der Waals surface area contributed by atoms with Crippen LogP contribution < -0.4 is 5.54 Å². The Morgan fingerprint density at radius 3 is 2.33 bits per heavy atom. The van der Waals surface area contributed by atoms with E-state index in [-0.39, 0.29) is 5.69 Å². The zero-order valence-corrected chi connectivity index (χ0v) is 5.82. The SMILES string of the molecule is FC(F)(F)c1cccc(N[18F])c1. The largest absolute Gasteiger partial charge is 0.416 e. The van der Waals surface area contributed by atoms with Crippen molar-refractivity contribution in [2.75, 3.05) is 5.54 Å². The van der Waals surface area contributed by atoms with Crippen molar-refractivity contribution in [2.45, 2.75) is 6.18 Å². The van der Waals surface area contributed by atoms with Crippen LogP contribution in [0.4, 0.5) is 23.3 Å². The van der Waals surface area contributed by atoms with E-state index in [1.165, 1.54) is 6.07 Å². The first-order valence-corrected chi connectivity index (χ1v) is 3.08. The van der Waals surface area contributed by atoms with E-state index in [1.54, 1.807) is 0 Å². The van der Waals surface area contributed by atoms with Crippen molar-refractivity contribution in [1.29, 1.82) is 0 Å². The van der Waals surface area contributed by atoms with E-state index in [0.29, 0.717) is 6.07 Å². The Kier molecular flexibility index (Phi) is 2.21. The smallest absolute Gasteiger partial charge is 0.225 e. The number of nitrogens with one attached hydrogen (secondary N) is 1. The summed E-state index contributed by atoms with van der Waals surface area (Å²) < 4.78 is 47.5. The van der Waals surface area contributed by atoms with E-state index in [2.05, 4.69) is 0 Å². The van der Waals surface area contributed by atoms with Crippen LogP contribution in [-0.2, 0) is 6.18 Å². The Labute approximate surface area is 65.9 Å². The third-order valence-electron chi connectivity index (χ3n) is 1.30. The number of rotatable bonds is 1. The molecule has 0 atom stereocenters. The fraction of sp³-hybridized carbons (Fsp3) is 0.143. The zero-order valence-electron chi connectivity index (χ0n) is 5.82. The van der Waals surface area contributed by atoms with E-state index in [1.807, 2.05) is 0 Å². The summed E-state index contributed by atoms with van der Waals surface area (Å²) in [6.07, 6.45) is -4.42. The topological polar surface area (TPSA) is 12.0 Å². The zero-order chi connectivity index (χ0) is 9.19. The quantitative estimate of drug-likeness (QED) is 0.514. The van der Waals surface area contributed by atoms with Crippen molar-refractivity contribution in [1.82, 2.24) is 0 Å². The molecule has 0 unspecified atom stereocenters. The Hall–Kier alpha value is -1.26. The lowest BCUT2D eigenvalue weighted by Gasteiger charge is -2.06. The molecule has 0 bridgehead atoms. The fourth-order valence-electron chi connectivity index (χ4n) is 0.754. The summed E-state index contributed by atoms with van der Waals surface area (Å²) >= 11 is 0. The molecule has 12 heavy (non-hydrogen) atoms. The first-order valence-electron chi connectivity index (χ1n) is 3.08. The molecule has 0 aliphatic carbocycles. The third kappa shape index (κ3) is 1.87. The Balaban J connectivity index is 3.02. The molecule has 0 aromatic heterocycles. The van der Waals surface area contributed by atoms with E-state index in [0.717, 1.165) is 17.7 Å². The van der Waals surface area contributed by atoms with Crippen molar-refractivity contribution in [3.05, 3.63) is 29.8 Å². The van der Waals surface area contributed by atoms with Crippen molar-refractivity contribution < 1.29 is 17.7 Å². The van der Waals surface area contributed by atoms with Crippen molar-refractivity contribution in [3.8, 4) is 0 Å². The first-order chi connectivity index (χ1) is 5.54. The molecule has 5 heteroatoms. The summed E-state index contributed by atoms with van der Waals surface area (Å²) in [7, 11) is 0. The molecule has 0 saturated heterocycles. The lowest BCUT2D eigenvalue weighted by Crippen LogP contribution is -2.04. The highest BCUT2D eigenvalue weighted by molar-refractivity contribution is 5.44. The molecule has 0 saturated carbocycles. The van der Waals surface area contributed by atoms with Crippen LogP contribution in [0.15, 0.2) is 24.3 Å². The number of benzene rings is 1. The fourth-order valence-corrected chi connectivity index (χ4v) is 0.754. The van der Waals surface area contributed by atoms with E-state index < -0.39 is 11.7 Å². The van der Waals surface area contributed by atoms with Gasteiger partial charge >= 0.3 is 6.18 Å². The molecule has 0 heterocycles. The minimum absolute atomic E-state index is 0.204. The number of alkyl halides is 3. The summed E-state index contributed by atoms with van der Waals surface area (Å²) in [5.74, 6) is 0. The molecule has 0 aliphatic rings. The predicted octanol–water partition coefficient (Wildman–Crippen LogP) is 3.00. The second-order valence-electron chi connectivity index (χ2n) is 2.17. The minimum Gasteiger partial charge on any atom is -0.225 e. The molecule has 0 radical (unpaired) electrons. The number of hydrogen-bond donors (Lipinski definition) is 1. The van der Waals surface area contributed by atoms with Gasteiger partial charge in [0.25, 0.3) is 0 Å². The Bertz CT molecular complexity index is 268. The lowest BCUT2D eigenvalue weighted by molar-refractivity contribution is -0.137. The maximum absolute atomic E-state index is 12.0. The monoisotopic (exact) mass is 178 g/mol. The molecule has 0 aliphatic heterocycles. The Morgan fingerprint density at radius 2 is 1.83 bits per heavy atom. The van der Waals surface area contributed by atoms with Gasteiger partial charge in [-0.25, -0.2) is 5.54 Å². The van der Waals surface area contributed by atoms with Gasteiger partial charge in [-0.2, -0.15) is 13.2 Å². The standard InChI is InChI=1S/C7H5F4N/c8-7(9,10)5-2-1-3-6(4-5)12-11/h1-4,12H/i11-1. The predicted molar refractivity (Wildman–Crippen MR) is 36.2 cm³/mol. The van der Waals surface area contributed by atoms with Gasteiger partial charge in [-0.1, -0.05) is 6.07 Å². The van der Waals surface area contributed by atoms with Crippen LogP contribution in [-0.4, -0.2) is 0 Å². The highest BCUT2D eigenvalue weighted by Crippen LogP contribution is 2.30. The summed E-state index contributed by atoms with van der Waals surface area (Å²) in [4.78, 5) is 0. The van der Waals surface area contributed by atoms with Gasteiger partial charge in [0.05, 0.1) is 11.3 Å². The van der Waals surface area contributed by atoms with E-state index in [9.17, 15) is 17.7 Å². The third-order valence-corrected chi connectivity index (χ3v) is 1.30. The van der Waals surface area contributed by atoms with Crippen LogP contribution >= 0.6 is 0 Å². The van der Waals surface area contributed by atoms with Crippen LogP contribution in [0, 0.1) is 0 Å². The molecule has 1 N–H and O–H groups in total. The normalized spacial score (nSPS) is 11.3. The molecule has 1 rings (SSSR count). The Morgan fingerprint density at radius 1 is 1.17 bits per heavy atom. The molecule has 1 aromatic rings. The molecule has 66 valence electrons. The summed E-state index contributed by atoms with van der Waals surface area (Å²) in [5.41, 5.74) is 0.0653. The second-order valence-corrected chi connectivity index (χ2v) is 2.17. The van der Waals surface area contributed by atoms with E-state index in [4.69, 9.17) is 0 Å². The van der Waals surface area contributed by atoms with Gasteiger partial charge in [0, 0.05) is 0 Å². The van der Waals surface area contributed by atoms with Crippen LogP contribution in [0.2, 0.25) is 0 Å². The second kappa shape index (κ2) is 3.00. The van der Waals surface area contributed by atoms with Crippen LogP contribution in [0.5, 0.6) is 0 Å². The molecular formula is C7H5F4N. The number of hydrogen-bond acceptors (Lipinski definition) is 1. The highest BCUT2D eigenvalue weighted by atomic mass is 19.4. The maximum atomic E-state index is 12.0. The van der Waals surface area contributed by atoms with Gasteiger partial charge < -0.3 is 0 Å². The van der Waals surface area contributed by atoms with Gasteiger partial charge in [-0.15, -0.1) is 4.48 Å². The average Bonchev–Trinajstić information content (AvgIpc) is 2.03. The lowest BCUT2D eigenvalue weighted by atomic mass is 10.2. The summed E-state index contributed by atoms with van der Waals surface area (Å²) in [6.45, 7) is 0. The van der Waals surface area contributed by atoms with E-state index >= 15 is 0 Å². The van der Waals surface area contributed by atoms with Gasteiger partial charge in [0.1, 0.15) is 0 Å². The minimum atomic E-state index is -4.42.